The fraction of sp³-hybridized carbons (Fsp3) is 0.933. The average Bonchev–Trinajstić information content (AvgIpc) is 2.29. The lowest BCUT2D eigenvalue weighted by Gasteiger charge is -2.38. The van der Waals surface area contributed by atoms with Crippen LogP contribution in [-0.2, 0) is 4.79 Å². The van der Waals surface area contributed by atoms with Crippen molar-refractivity contribution in [1.82, 2.24) is 4.90 Å². The summed E-state index contributed by atoms with van der Waals surface area (Å²) < 4.78 is 0. The molecule has 106 valence electrons. The van der Waals surface area contributed by atoms with Crippen LogP contribution in [0.3, 0.4) is 0 Å². The van der Waals surface area contributed by atoms with E-state index in [0.717, 1.165) is 32.1 Å². The SMILES string of the molecule is CC(C)CC(C)N(C)CC1(C(=O)O)CCCCC1. The third kappa shape index (κ3) is 3.98. The molecule has 1 aliphatic carbocycles. The Kier molecular flexibility index (Phi) is 5.64. The molecule has 1 aliphatic rings. The molecule has 1 fully saturated rings. The summed E-state index contributed by atoms with van der Waals surface area (Å²) in [4.78, 5) is 13.9. The Hall–Kier alpha value is -0.570. The van der Waals surface area contributed by atoms with Gasteiger partial charge in [-0.1, -0.05) is 33.1 Å². The molecule has 1 N–H and O–H groups in total. The maximum atomic E-state index is 11.6. The van der Waals surface area contributed by atoms with Crippen molar-refractivity contribution in [1.29, 1.82) is 0 Å². The minimum atomic E-state index is -0.592. The van der Waals surface area contributed by atoms with Gasteiger partial charge in [0.2, 0.25) is 0 Å². The van der Waals surface area contributed by atoms with Crippen LogP contribution in [0.25, 0.3) is 0 Å². The molecule has 0 heterocycles. The van der Waals surface area contributed by atoms with Crippen molar-refractivity contribution in [3.63, 3.8) is 0 Å². The van der Waals surface area contributed by atoms with Gasteiger partial charge in [0.25, 0.3) is 0 Å². The van der Waals surface area contributed by atoms with Gasteiger partial charge in [-0.05, 0) is 39.2 Å². The van der Waals surface area contributed by atoms with Gasteiger partial charge in [0.1, 0.15) is 0 Å². The van der Waals surface area contributed by atoms with E-state index in [9.17, 15) is 9.90 Å². The highest BCUT2D eigenvalue weighted by Gasteiger charge is 2.40. The minimum Gasteiger partial charge on any atom is -0.481 e. The lowest BCUT2D eigenvalue weighted by atomic mass is 9.73. The van der Waals surface area contributed by atoms with Crippen LogP contribution in [0.15, 0.2) is 0 Å². The number of hydrogen-bond donors (Lipinski definition) is 1. The first-order chi connectivity index (χ1) is 8.37. The van der Waals surface area contributed by atoms with Crippen molar-refractivity contribution in [2.24, 2.45) is 11.3 Å². The molecule has 0 aliphatic heterocycles. The van der Waals surface area contributed by atoms with E-state index in [0.29, 0.717) is 18.5 Å². The molecule has 3 nitrogen and oxygen atoms in total. The van der Waals surface area contributed by atoms with Gasteiger partial charge in [-0.15, -0.1) is 0 Å². The van der Waals surface area contributed by atoms with Crippen molar-refractivity contribution in [3.05, 3.63) is 0 Å². The van der Waals surface area contributed by atoms with E-state index >= 15 is 0 Å². The molecule has 3 heteroatoms. The molecule has 0 aromatic rings. The van der Waals surface area contributed by atoms with E-state index in [1.54, 1.807) is 0 Å². The molecule has 1 saturated carbocycles. The first-order valence-electron chi connectivity index (χ1n) is 7.31. The van der Waals surface area contributed by atoms with E-state index in [2.05, 4.69) is 32.7 Å². The number of carbonyl (C=O) groups is 1. The van der Waals surface area contributed by atoms with Gasteiger partial charge >= 0.3 is 5.97 Å². The smallest absolute Gasteiger partial charge is 0.310 e. The second kappa shape index (κ2) is 6.55. The number of nitrogens with zero attached hydrogens (tertiary/aromatic N) is 1. The first kappa shape index (κ1) is 15.5. The van der Waals surface area contributed by atoms with E-state index in [1.165, 1.54) is 6.42 Å². The number of rotatable bonds is 6. The Morgan fingerprint density at radius 3 is 2.22 bits per heavy atom. The summed E-state index contributed by atoms with van der Waals surface area (Å²) >= 11 is 0. The normalized spacial score (nSPS) is 21.2. The summed E-state index contributed by atoms with van der Waals surface area (Å²) in [6, 6.07) is 0.461. The standard InChI is InChI=1S/C15H29NO2/c1-12(2)10-13(3)16(4)11-15(14(17)18)8-6-5-7-9-15/h12-13H,5-11H2,1-4H3,(H,17,18). The Labute approximate surface area is 112 Å². The Morgan fingerprint density at radius 2 is 1.78 bits per heavy atom. The van der Waals surface area contributed by atoms with Crippen molar-refractivity contribution >= 4 is 5.97 Å². The monoisotopic (exact) mass is 255 g/mol. The van der Waals surface area contributed by atoms with Gasteiger partial charge in [0.15, 0.2) is 0 Å². The first-order valence-corrected chi connectivity index (χ1v) is 7.31. The maximum absolute atomic E-state index is 11.6. The number of carboxylic acid groups (broad SMARTS) is 1. The van der Waals surface area contributed by atoms with Gasteiger partial charge in [-0.25, -0.2) is 0 Å². The second-order valence-electron chi connectivity index (χ2n) is 6.54. The molecule has 1 unspecified atom stereocenters. The lowest BCUT2D eigenvalue weighted by Crippen LogP contribution is -2.46. The summed E-state index contributed by atoms with van der Waals surface area (Å²) in [6.45, 7) is 7.35. The van der Waals surface area contributed by atoms with Crippen molar-refractivity contribution in [2.45, 2.75) is 65.3 Å². The predicted molar refractivity (Wildman–Crippen MR) is 74.7 cm³/mol. The van der Waals surface area contributed by atoms with Crippen molar-refractivity contribution in [2.75, 3.05) is 13.6 Å². The average molecular weight is 255 g/mol. The van der Waals surface area contributed by atoms with Gasteiger partial charge in [0, 0.05) is 12.6 Å². The molecule has 0 amide bonds. The number of carboxylic acids is 1. The zero-order valence-corrected chi connectivity index (χ0v) is 12.4. The molecule has 0 spiro atoms. The zero-order chi connectivity index (χ0) is 13.8. The van der Waals surface area contributed by atoms with Crippen LogP contribution >= 0.6 is 0 Å². The molecule has 1 rings (SSSR count). The third-order valence-corrected chi connectivity index (χ3v) is 4.38. The Bertz CT molecular complexity index is 270. The van der Waals surface area contributed by atoms with Crippen molar-refractivity contribution < 1.29 is 9.90 Å². The predicted octanol–water partition coefficient (Wildman–Crippen LogP) is 3.39. The molecule has 0 radical (unpaired) electrons. The minimum absolute atomic E-state index is 0.461. The summed E-state index contributed by atoms with van der Waals surface area (Å²) in [5, 5.41) is 9.57. The number of hydrogen-bond acceptors (Lipinski definition) is 2. The number of aliphatic carboxylic acids is 1. The molecule has 18 heavy (non-hydrogen) atoms. The fourth-order valence-electron chi connectivity index (χ4n) is 3.16. The molecular formula is C15H29NO2. The van der Waals surface area contributed by atoms with Crippen LogP contribution in [0.1, 0.15) is 59.3 Å². The molecule has 0 aromatic carbocycles. The van der Waals surface area contributed by atoms with Crippen LogP contribution in [0, 0.1) is 11.3 Å². The topological polar surface area (TPSA) is 40.5 Å². The van der Waals surface area contributed by atoms with Gasteiger partial charge in [-0.2, -0.15) is 0 Å². The largest absolute Gasteiger partial charge is 0.481 e. The maximum Gasteiger partial charge on any atom is 0.310 e. The highest BCUT2D eigenvalue weighted by atomic mass is 16.4. The summed E-state index contributed by atoms with van der Waals surface area (Å²) in [7, 11) is 2.08. The quantitative estimate of drug-likeness (QED) is 0.791. The van der Waals surface area contributed by atoms with Crippen LogP contribution in [0.2, 0.25) is 0 Å². The van der Waals surface area contributed by atoms with Crippen molar-refractivity contribution in [3.8, 4) is 0 Å². The van der Waals surface area contributed by atoms with Crippen LogP contribution < -0.4 is 0 Å². The summed E-state index contributed by atoms with van der Waals surface area (Å²) in [6.07, 6.45) is 6.16. The van der Waals surface area contributed by atoms with Gasteiger partial charge in [-0.3, -0.25) is 4.79 Å². The second-order valence-corrected chi connectivity index (χ2v) is 6.54. The lowest BCUT2D eigenvalue weighted by molar-refractivity contribution is -0.152. The van der Waals surface area contributed by atoms with Gasteiger partial charge < -0.3 is 10.0 Å². The van der Waals surface area contributed by atoms with E-state index in [4.69, 9.17) is 0 Å². The molecule has 0 saturated heterocycles. The Balaban J connectivity index is 2.63. The Morgan fingerprint density at radius 1 is 1.22 bits per heavy atom. The van der Waals surface area contributed by atoms with E-state index in [1.807, 2.05) is 0 Å². The highest BCUT2D eigenvalue weighted by molar-refractivity contribution is 5.75. The van der Waals surface area contributed by atoms with Crippen LogP contribution in [-0.4, -0.2) is 35.6 Å². The molecular weight excluding hydrogens is 226 g/mol. The fourth-order valence-corrected chi connectivity index (χ4v) is 3.16. The van der Waals surface area contributed by atoms with E-state index in [-0.39, 0.29) is 0 Å². The van der Waals surface area contributed by atoms with E-state index < -0.39 is 11.4 Å². The van der Waals surface area contributed by atoms with Crippen LogP contribution in [0.4, 0.5) is 0 Å². The summed E-state index contributed by atoms with van der Waals surface area (Å²) in [5.74, 6) is 0.0698. The molecule has 0 aromatic heterocycles. The van der Waals surface area contributed by atoms with Gasteiger partial charge in [0.05, 0.1) is 5.41 Å². The molecule has 0 bridgehead atoms. The molecule has 1 atom stereocenters. The van der Waals surface area contributed by atoms with Crippen LogP contribution in [0.5, 0.6) is 0 Å². The summed E-state index contributed by atoms with van der Waals surface area (Å²) in [5.41, 5.74) is -0.488. The highest BCUT2D eigenvalue weighted by Crippen LogP contribution is 2.37. The third-order valence-electron chi connectivity index (χ3n) is 4.38. The zero-order valence-electron chi connectivity index (χ0n) is 12.4.